The molecule has 7 aromatic carbocycles. The van der Waals surface area contributed by atoms with Crippen molar-refractivity contribution in [2.45, 2.75) is 135 Å². The van der Waals surface area contributed by atoms with E-state index in [-0.39, 0.29) is 66.9 Å². The molecule has 0 spiro atoms. The minimum Gasteiger partial charge on any atom is -0.311 e. The number of hydrogen-bond acceptors (Lipinski definition) is 6. The van der Waals surface area contributed by atoms with Crippen LogP contribution in [0.1, 0.15) is 167 Å². The third kappa shape index (κ3) is 8.04. The summed E-state index contributed by atoms with van der Waals surface area (Å²) in [6.07, 6.45) is 9.44. The van der Waals surface area contributed by atoms with Crippen molar-refractivity contribution in [2.75, 3.05) is 35.8 Å². The van der Waals surface area contributed by atoms with Gasteiger partial charge in [-0.3, -0.25) is 27.6 Å². The molecule has 0 radical (unpaired) electrons. The number of rotatable bonds is 6. The van der Waals surface area contributed by atoms with Crippen molar-refractivity contribution in [1.82, 2.24) is 28.2 Å². The van der Waals surface area contributed by atoms with E-state index in [1.165, 1.54) is 33.4 Å². The van der Waals surface area contributed by atoms with E-state index in [0.717, 1.165) is 102 Å². The molecule has 16 rings (SSSR count). The summed E-state index contributed by atoms with van der Waals surface area (Å²) in [6.45, 7) is 27.9. The molecule has 0 N–H and O–H groups in total. The molecular formula is C78H75N9O3. The lowest BCUT2D eigenvalue weighted by atomic mass is 9.82. The number of aromatic nitrogens is 6. The minimum atomic E-state index is -0.381. The number of hydrogen-bond donors (Lipinski definition) is 0. The zero-order valence-electron chi connectivity index (χ0n) is 54.2. The van der Waals surface area contributed by atoms with Crippen LogP contribution < -0.4 is 14.7 Å². The van der Waals surface area contributed by atoms with Gasteiger partial charge in [0.15, 0.2) is 0 Å². The van der Waals surface area contributed by atoms with Crippen LogP contribution in [0.5, 0.6) is 0 Å². The summed E-state index contributed by atoms with van der Waals surface area (Å²) in [7, 11) is 5.20. The fourth-order valence-electron chi connectivity index (χ4n) is 17.4. The molecule has 0 saturated carbocycles. The Hall–Kier alpha value is -9.42. The van der Waals surface area contributed by atoms with Crippen molar-refractivity contribution in [3.63, 3.8) is 0 Å². The van der Waals surface area contributed by atoms with Crippen LogP contribution in [0, 0.1) is 0 Å². The first-order chi connectivity index (χ1) is 42.5. The summed E-state index contributed by atoms with van der Waals surface area (Å²) in [5.41, 5.74) is 19.6. The van der Waals surface area contributed by atoms with Gasteiger partial charge in [0.2, 0.25) is 0 Å². The second kappa shape index (κ2) is 18.1. The number of imidazole rings is 3. The number of anilines is 3. The molecule has 12 heteroatoms. The molecule has 3 aliphatic carbocycles. The van der Waals surface area contributed by atoms with Crippen LogP contribution in [0.3, 0.4) is 0 Å². The number of pyridine rings is 3. The number of nitrogens with zero attached hydrogens (tertiary/aromatic N) is 9. The van der Waals surface area contributed by atoms with Crippen molar-refractivity contribution in [3.05, 3.63) is 196 Å². The summed E-state index contributed by atoms with van der Waals surface area (Å²) >= 11 is 0. The molecule has 90 heavy (non-hydrogen) atoms. The number of amides is 3. The Labute approximate surface area is 523 Å². The zero-order chi connectivity index (χ0) is 63.0. The number of fused-ring (bicyclic) bond motifs is 18. The first kappa shape index (κ1) is 55.9. The minimum absolute atomic E-state index is 0.0438. The zero-order valence-corrected chi connectivity index (χ0v) is 54.2. The van der Waals surface area contributed by atoms with Gasteiger partial charge in [0.1, 0.15) is 16.9 Å². The molecule has 0 fully saturated rings. The average molecular weight is 1190 g/mol. The maximum absolute atomic E-state index is 15.2. The summed E-state index contributed by atoms with van der Waals surface area (Å²) < 4.78 is 6.53. The van der Waals surface area contributed by atoms with Gasteiger partial charge in [0.25, 0.3) is 17.7 Å². The molecule has 0 atom stereocenters. The topological polar surface area (TPSA) is 113 Å². The van der Waals surface area contributed by atoms with Crippen LogP contribution in [-0.4, -0.2) is 67.0 Å². The van der Waals surface area contributed by atoms with E-state index in [4.69, 9.17) is 15.0 Å². The van der Waals surface area contributed by atoms with Crippen LogP contribution >= 0.6 is 0 Å². The van der Waals surface area contributed by atoms with Crippen LogP contribution in [0.25, 0.3) is 82.4 Å². The predicted molar refractivity (Wildman–Crippen MR) is 367 cm³/mol. The highest BCUT2D eigenvalue weighted by molar-refractivity contribution is 6.16. The largest absolute Gasteiger partial charge is 0.311 e. The third-order valence-electron chi connectivity index (χ3n) is 21.3. The van der Waals surface area contributed by atoms with E-state index in [2.05, 4.69) is 169 Å². The lowest BCUT2D eigenvalue weighted by molar-refractivity contribution is 0.0992. The Morgan fingerprint density at radius 3 is 0.833 bits per heavy atom. The van der Waals surface area contributed by atoms with Gasteiger partial charge in [-0.25, -0.2) is 15.0 Å². The summed E-state index contributed by atoms with van der Waals surface area (Å²) in [5, 5.41) is 5.66. The van der Waals surface area contributed by atoms with E-state index >= 15 is 14.4 Å². The second-order valence-corrected chi connectivity index (χ2v) is 30.6. The van der Waals surface area contributed by atoms with E-state index in [1.54, 1.807) is 54.0 Å². The highest BCUT2D eigenvalue weighted by Crippen LogP contribution is 2.53. The van der Waals surface area contributed by atoms with Gasteiger partial charge in [-0.05, 0) is 229 Å². The molecular weight excluding hydrogens is 1110 g/mol. The van der Waals surface area contributed by atoms with Gasteiger partial charge in [0.05, 0.1) is 33.1 Å². The van der Waals surface area contributed by atoms with E-state index in [1.807, 2.05) is 54.6 Å². The maximum atomic E-state index is 15.2. The molecule has 12 nitrogen and oxygen atoms in total. The molecule has 13 aromatic rings. The number of carbonyl (C=O) groups excluding carboxylic acids is 3. The van der Waals surface area contributed by atoms with Crippen LogP contribution in [0.4, 0.5) is 17.1 Å². The van der Waals surface area contributed by atoms with Gasteiger partial charge in [0, 0.05) is 89.6 Å². The summed E-state index contributed by atoms with van der Waals surface area (Å²) in [6, 6.07) is 42.8. The number of carbonyl (C=O) groups is 3. The Morgan fingerprint density at radius 1 is 0.333 bits per heavy atom. The first-order valence-electron chi connectivity index (χ1n) is 31.7. The number of benzene rings is 7. The van der Waals surface area contributed by atoms with Crippen molar-refractivity contribution < 1.29 is 14.4 Å². The molecule has 3 aliphatic rings. The van der Waals surface area contributed by atoms with Crippen molar-refractivity contribution >= 4 is 117 Å². The molecule has 0 saturated heterocycles. The summed E-state index contributed by atoms with van der Waals surface area (Å²) in [5.74, 6) is -1.14. The smallest absolute Gasteiger partial charge is 0.258 e. The Bertz CT molecular complexity index is 4890. The highest BCUT2D eigenvalue weighted by atomic mass is 16.2. The third-order valence-corrected chi connectivity index (χ3v) is 21.3. The highest BCUT2D eigenvalue weighted by Gasteiger charge is 2.45. The molecule has 0 bridgehead atoms. The SMILES string of the molecule is CN(C(=O)c1cc(C(=O)N(C)c2ccc3c(ccn4c5cc6c(cc5nc34)C(C)(C)CC6(C)C)c2)cc(C(=O)N(C)c2ccc3c(ccn4c5cc6c(cc5nc34)C(C)(C)CC6(C)C)c2)c1)c1ccc2c(ccn3c4cc5c(cc4nc23)C(C)(C)CC5(C)C)c1. The second-order valence-electron chi connectivity index (χ2n) is 30.6. The van der Waals surface area contributed by atoms with Gasteiger partial charge in [-0.15, -0.1) is 0 Å². The Balaban J connectivity index is 0.752. The normalized spacial score (nSPS) is 17.4. The van der Waals surface area contributed by atoms with Crippen molar-refractivity contribution in [3.8, 4) is 0 Å². The first-order valence-corrected chi connectivity index (χ1v) is 31.7. The molecule has 450 valence electrons. The molecule has 6 heterocycles. The van der Waals surface area contributed by atoms with Crippen molar-refractivity contribution in [2.24, 2.45) is 0 Å². The van der Waals surface area contributed by atoms with Gasteiger partial charge >= 0.3 is 0 Å². The Kier molecular flexibility index (Phi) is 11.3. The van der Waals surface area contributed by atoms with E-state index in [0.29, 0.717) is 17.1 Å². The average Bonchev–Trinajstić information content (AvgIpc) is 1.57. The summed E-state index contributed by atoms with van der Waals surface area (Å²) in [4.78, 5) is 65.9. The quantitative estimate of drug-likeness (QED) is 0.164. The van der Waals surface area contributed by atoms with Gasteiger partial charge in [-0.2, -0.15) is 0 Å². The lowest BCUT2D eigenvalue weighted by Gasteiger charge is -2.23. The van der Waals surface area contributed by atoms with Gasteiger partial charge in [-0.1, -0.05) is 83.1 Å². The fraction of sp³-hybridized carbons (Fsp3) is 0.308. The van der Waals surface area contributed by atoms with Crippen LogP contribution in [0.15, 0.2) is 146 Å². The van der Waals surface area contributed by atoms with Gasteiger partial charge < -0.3 is 14.7 Å². The standard InChI is InChI=1S/C78H75N9O3/c1-73(2)40-76(7,8)58-37-64-61(34-55(58)73)79-67-52-19-16-49(31-43(52)22-25-85(64)67)82(13)70(88)46-28-47(71(89)83(14)50-17-20-53-44(32-50)23-26-86-65-38-59-56(35-62(65)80-68(53)86)74(3,4)41-77(59,9)10)30-48(29-46)72(90)84(15)51-18-21-54-45(33-51)24-27-87-66-39-60-57(36-63(66)81-69(54)87)75(5,6)42-78(60,11)12/h16-39H,40-42H2,1-15H3. The van der Waals surface area contributed by atoms with Crippen LogP contribution in [0.2, 0.25) is 0 Å². The van der Waals surface area contributed by atoms with E-state index in [9.17, 15) is 0 Å². The fourth-order valence-corrected chi connectivity index (χ4v) is 17.4. The predicted octanol–water partition coefficient (Wildman–Crippen LogP) is 17.3. The molecule has 0 aliphatic heterocycles. The monoisotopic (exact) mass is 1190 g/mol. The molecule has 6 aromatic heterocycles. The lowest BCUT2D eigenvalue weighted by Crippen LogP contribution is -2.31. The maximum Gasteiger partial charge on any atom is 0.258 e. The van der Waals surface area contributed by atoms with E-state index < -0.39 is 0 Å². The molecule has 3 amide bonds. The van der Waals surface area contributed by atoms with Crippen LogP contribution in [-0.2, 0) is 32.5 Å². The Morgan fingerprint density at radius 2 is 0.578 bits per heavy atom. The van der Waals surface area contributed by atoms with Crippen molar-refractivity contribution in [1.29, 1.82) is 0 Å². The molecule has 0 unspecified atom stereocenters.